The van der Waals surface area contributed by atoms with Crippen LogP contribution in [0.3, 0.4) is 0 Å². The molecule has 2 aromatic rings. The molecule has 0 aliphatic rings. The summed E-state index contributed by atoms with van der Waals surface area (Å²) in [7, 11) is 0. The Kier molecular flexibility index (Phi) is 3.33. The van der Waals surface area contributed by atoms with E-state index >= 15 is 0 Å². The molecular weight excluding hydrogens is 263 g/mol. The van der Waals surface area contributed by atoms with Crippen LogP contribution in [0, 0.1) is 6.92 Å². The summed E-state index contributed by atoms with van der Waals surface area (Å²) >= 11 is 13.1. The lowest BCUT2D eigenvalue weighted by Crippen LogP contribution is -2.01. The van der Waals surface area contributed by atoms with E-state index < -0.39 is 0 Å². The molecule has 0 aliphatic heterocycles. The normalized spacial score (nSPS) is 10.4. The zero-order valence-corrected chi connectivity index (χ0v) is 10.8. The SMILES string of the molecule is Cc1c(Cl)cccc1C(=O)c1ccc(Cl)s1. The lowest BCUT2D eigenvalue weighted by Gasteiger charge is -2.04. The summed E-state index contributed by atoms with van der Waals surface area (Å²) in [6, 6.07) is 8.78. The van der Waals surface area contributed by atoms with Crippen LogP contribution in [-0.2, 0) is 0 Å². The summed E-state index contributed by atoms with van der Waals surface area (Å²) in [6.07, 6.45) is 0. The minimum absolute atomic E-state index is 0.0306. The lowest BCUT2D eigenvalue weighted by atomic mass is 10.0. The van der Waals surface area contributed by atoms with Crippen LogP contribution in [0.2, 0.25) is 9.36 Å². The number of thiophene rings is 1. The Balaban J connectivity index is 2.45. The van der Waals surface area contributed by atoms with Crippen molar-refractivity contribution in [2.75, 3.05) is 0 Å². The first-order valence-corrected chi connectivity index (χ1v) is 6.22. The van der Waals surface area contributed by atoms with Gasteiger partial charge in [-0.05, 0) is 30.7 Å². The van der Waals surface area contributed by atoms with Crippen molar-refractivity contribution in [1.82, 2.24) is 0 Å². The number of hydrogen-bond acceptors (Lipinski definition) is 2. The van der Waals surface area contributed by atoms with Crippen LogP contribution in [0.15, 0.2) is 30.3 Å². The minimum atomic E-state index is -0.0306. The van der Waals surface area contributed by atoms with Crippen molar-refractivity contribution in [3.63, 3.8) is 0 Å². The average Bonchev–Trinajstić information content (AvgIpc) is 2.68. The Hall–Kier alpha value is -0.830. The molecule has 16 heavy (non-hydrogen) atoms. The van der Waals surface area contributed by atoms with Gasteiger partial charge in [-0.3, -0.25) is 4.79 Å². The number of ketones is 1. The van der Waals surface area contributed by atoms with Crippen LogP contribution in [0.1, 0.15) is 20.8 Å². The highest BCUT2D eigenvalue weighted by atomic mass is 35.5. The third-order valence-electron chi connectivity index (χ3n) is 2.31. The average molecular weight is 271 g/mol. The van der Waals surface area contributed by atoms with Crippen LogP contribution < -0.4 is 0 Å². The second-order valence-electron chi connectivity index (χ2n) is 3.35. The summed E-state index contributed by atoms with van der Waals surface area (Å²) < 4.78 is 0.614. The van der Waals surface area contributed by atoms with E-state index in [1.165, 1.54) is 11.3 Å². The molecule has 0 atom stereocenters. The number of benzene rings is 1. The summed E-state index contributed by atoms with van der Waals surface area (Å²) in [4.78, 5) is 12.8. The lowest BCUT2D eigenvalue weighted by molar-refractivity contribution is 0.104. The first kappa shape index (κ1) is 11.6. The van der Waals surface area contributed by atoms with E-state index in [9.17, 15) is 4.79 Å². The van der Waals surface area contributed by atoms with E-state index in [2.05, 4.69) is 0 Å². The van der Waals surface area contributed by atoms with E-state index in [0.717, 1.165) is 5.56 Å². The second kappa shape index (κ2) is 4.58. The topological polar surface area (TPSA) is 17.1 Å². The van der Waals surface area contributed by atoms with Crippen LogP contribution in [0.25, 0.3) is 0 Å². The van der Waals surface area contributed by atoms with Crippen molar-refractivity contribution in [2.45, 2.75) is 6.92 Å². The molecule has 0 aliphatic carbocycles. The molecule has 1 heterocycles. The molecule has 0 N–H and O–H groups in total. The fraction of sp³-hybridized carbons (Fsp3) is 0.0833. The molecule has 0 unspecified atom stereocenters. The quantitative estimate of drug-likeness (QED) is 0.730. The first-order valence-electron chi connectivity index (χ1n) is 4.65. The highest BCUT2D eigenvalue weighted by Crippen LogP contribution is 2.26. The van der Waals surface area contributed by atoms with E-state index in [-0.39, 0.29) is 5.78 Å². The van der Waals surface area contributed by atoms with Gasteiger partial charge in [-0.2, -0.15) is 0 Å². The first-order chi connectivity index (χ1) is 7.59. The van der Waals surface area contributed by atoms with Crippen LogP contribution in [0.5, 0.6) is 0 Å². The Morgan fingerprint density at radius 3 is 2.56 bits per heavy atom. The van der Waals surface area contributed by atoms with Gasteiger partial charge >= 0.3 is 0 Å². The predicted molar refractivity (Wildman–Crippen MR) is 69.0 cm³/mol. The van der Waals surface area contributed by atoms with Crippen molar-refractivity contribution in [1.29, 1.82) is 0 Å². The van der Waals surface area contributed by atoms with Gasteiger partial charge in [0.1, 0.15) is 0 Å². The fourth-order valence-electron chi connectivity index (χ4n) is 1.42. The molecule has 1 aromatic heterocycles. The van der Waals surface area contributed by atoms with Crippen molar-refractivity contribution in [2.24, 2.45) is 0 Å². The number of rotatable bonds is 2. The van der Waals surface area contributed by atoms with Crippen molar-refractivity contribution >= 4 is 40.3 Å². The minimum Gasteiger partial charge on any atom is -0.288 e. The molecule has 1 nitrogen and oxygen atoms in total. The van der Waals surface area contributed by atoms with Crippen LogP contribution in [0.4, 0.5) is 0 Å². The fourth-order valence-corrected chi connectivity index (χ4v) is 2.59. The third kappa shape index (κ3) is 2.14. The molecule has 0 fully saturated rings. The van der Waals surface area contributed by atoms with Gasteiger partial charge in [-0.15, -0.1) is 11.3 Å². The monoisotopic (exact) mass is 270 g/mol. The summed E-state index contributed by atoms with van der Waals surface area (Å²) in [5.74, 6) is -0.0306. The molecular formula is C12H8Cl2OS. The number of halogens is 2. The molecule has 82 valence electrons. The number of hydrogen-bond donors (Lipinski definition) is 0. The van der Waals surface area contributed by atoms with E-state index in [0.29, 0.717) is 19.8 Å². The standard InChI is InChI=1S/C12H8Cl2OS/c1-7-8(3-2-4-9(7)13)12(15)10-5-6-11(14)16-10/h2-6H,1H3. The van der Waals surface area contributed by atoms with Crippen molar-refractivity contribution in [3.05, 3.63) is 55.7 Å². The maximum atomic E-state index is 12.1. The van der Waals surface area contributed by atoms with Gasteiger partial charge < -0.3 is 0 Å². The summed E-state index contributed by atoms with van der Waals surface area (Å²) in [5.41, 5.74) is 1.43. The van der Waals surface area contributed by atoms with E-state index in [4.69, 9.17) is 23.2 Å². The molecule has 0 radical (unpaired) electrons. The summed E-state index contributed by atoms with van der Waals surface area (Å²) in [5, 5.41) is 0.605. The van der Waals surface area contributed by atoms with Gasteiger partial charge in [0.2, 0.25) is 5.78 Å². The zero-order chi connectivity index (χ0) is 11.7. The van der Waals surface area contributed by atoms with E-state index in [1.54, 1.807) is 30.3 Å². The molecule has 2 rings (SSSR count). The molecule has 1 aromatic carbocycles. The van der Waals surface area contributed by atoms with Gasteiger partial charge in [0.15, 0.2) is 0 Å². The Bertz CT molecular complexity index is 546. The molecule has 0 saturated heterocycles. The van der Waals surface area contributed by atoms with Gasteiger partial charge in [-0.25, -0.2) is 0 Å². The number of carbonyl (C=O) groups excluding carboxylic acids is 1. The number of carbonyl (C=O) groups is 1. The van der Waals surface area contributed by atoms with Crippen LogP contribution >= 0.6 is 34.5 Å². The Labute approximate surface area is 108 Å². The van der Waals surface area contributed by atoms with Gasteiger partial charge in [-0.1, -0.05) is 35.3 Å². The maximum Gasteiger partial charge on any atom is 0.203 e. The van der Waals surface area contributed by atoms with Crippen molar-refractivity contribution < 1.29 is 4.79 Å². The zero-order valence-electron chi connectivity index (χ0n) is 8.46. The van der Waals surface area contributed by atoms with Gasteiger partial charge in [0.25, 0.3) is 0 Å². The summed E-state index contributed by atoms with van der Waals surface area (Å²) in [6.45, 7) is 1.84. The highest BCUT2D eigenvalue weighted by molar-refractivity contribution is 7.18. The van der Waals surface area contributed by atoms with Gasteiger partial charge in [0.05, 0.1) is 9.21 Å². The Morgan fingerprint density at radius 2 is 1.94 bits per heavy atom. The Morgan fingerprint density at radius 1 is 1.19 bits per heavy atom. The highest BCUT2D eigenvalue weighted by Gasteiger charge is 2.14. The third-order valence-corrected chi connectivity index (χ3v) is 3.95. The predicted octanol–water partition coefficient (Wildman–Crippen LogP) is 4.59. The van der Waals surface area contributed by atoms with E-state index in [1.807, 2.05) is 6.92 Å². The van der Waals surface area contributed by atoms with Crippen LogP contribution in [-0.4, -0.2) is 5.78 Å². The molecule has 0 bridgehead atoms. The molecule has 0 saturated carbocycles. The van der Waals surface area contributed by atoms with Crippen molar-refractivity contribution in [3.8, 4) is 0 Å². The molecule has 0 spiro atoms. The smallest absolute Gasteiger partial charge is 0.203 e. The maximum absolute atomic E-state index is 12.1. The van der Waals surface area contributed by atoms with Gasteiger partial charge in [0, 0.05) is 10.6 Å². The molecule has 4 heteroatoms. The largest absolute Gasteiger partial charge is 0.288 e. The molecule has 0 amide bonds. The second-order valence-corrected chi connectivity index (χ2v) is 5.47.